The van der Waals surface area contributed by atoms with Crippen molar-refractivity contribution in [2.24, 2.45) is 0 Å². The minimum atomic E-state index is 0. The van der Waals surface area contributed by atoms with Crippen molar-refractivity contribution in [3.05, 3.63) is 42.0 Å². The van der Waals surface area contributed by atoms with Gasteiger partial charge in [0.2, 0.25) is 0 Å². The fourth-order valence-corrected chi connectivity index (χ4v) is 1.65. The molecule has 3 heteroatoms. The van der Waals surface area contributed by atoms with Gasteiger partial charge in [-0.2, -0.15) is 6.07 Å². The molecular formula is C12H13Br2Ti. The van der Waals surface area contributed by atoms with Crippen LogP contribution in [0.3, 0.4) is 0 Å². The normalized spacial score (nSPS) is 8.60. The molecule has 0 fully saturated rings. The Hall–Kier alpha value is 0.504. The van der Waals surface area contributed by atoms with Gasteiger partial charge in [0.05, 0.1) is 0 Å². The van der Waals surface area contributed by atoms with Gasteiger partial charge in [-0.25, -0.2) is 0 Å². The standard InChI is InChI=1S/C12H13.2BrH.Ti/c1-2-5-10-8-11-6-3-4-7-12(11)9-10;;;/h3-4,6-9H,2,5H2,1H3;2*1H;/q-1;;;+3/p-2. The van der Waals surface area contributed by atoms with E-state index in [9.17, 15) is 0 Å². The molecule has 2 rings (SSSR count). The van der Waals surface area contributed by atoms with Crippen molar-refractivity contribution in [1.29, 1.82) is 0 Å². The predicted octanol–water partition coefficient (Wildman–Crippen LogP) is -2.48. The van der Waals surface area contributed by atoms with E-state index >= 15 is 0 Å². The first-order valence-electron chi connectivity index (χ1n) is 4.54. The first-order chi connectivity index (χ1) is 5.90. The molecule has 0 aliphatic heterocycles. The van der Waals surface area contributed by atoms with Gasteiger partial charge in [-0.1, -0.05) is 19.4 Å². The third-order valence-corrected chi connectivity index (χ3v) is 2.22. The van der Waals surface area contributed by atoms with Crippen LogP contribution in [-0.4, -0.2) is 0 Å². The van der Waals surface area contributed by atoms with Gasteiger partial charge in [0.25, 0.3) is 0 Å². The van der Waals surface area contributed by atoms with E-state index in [0.717, 1.165) is 0 Å². The minimum Gasteiger partial charge on any atom is -1.00 e. The van der Waals surface area contributed by atoms with E-state index in [-0.39, 0.29) is 55.7 Å². The number of hydrogen-bond acceptors (Lipinski definition) is 0. The fraction of sp³-hybridized carbons (Fsp3) is 0.250. The van der Waals surface area contributed by atoms with Crippen molar-refractivity contribution >= 4 is 10.8 Å². The van der Waals surface area contributed by atoms with Crippen LogP contribution in [0, 0.1) is 0 Å². The van der Waals surface area contributed by atoms with Crippen LogP contribution in [0.1, 0.15) is 18.9 Å². The van der Waals surface area contributed by atoms with Crippen molar-refractivity contribution < 1.29 is 55.7 Å². The van der Waals surface area contributed by atoms with E-state index in [1.807, 2.05) is 0 Å². The van der Waals surface area contributed by atoms with Gasteiger partial charge in [0.1, 0.15) is 0 Å². The van der Waals surface area contributed by atoms with Gasteiger partial charge >= 0.3 is 21.7 Å². The van der Waals surface area contributed by atoms with Crippen molar-refractivity contribution in [3.8, 4) is 0 Å². The number of hydrogen-bond donors (Lipinski definition) is 0. The average Bonchev–Trinajstić information content (AvgIpc) is 2.47. The summed E-state index contributed by atoms with van der Waals surface area (Å²) in [4.78, 5) is 0. The molecule has 0 aliphatic carbocycles. The van der Waals surface area contributed by atoms with Crippen LogP contribution in [0.4, 0.5) is 0 Å². The van der Waals surface area contributed by atoms with Crippen LogP contribution < -0.4 is 34.0 Å². The Balaban J connectivity index is 0. The second-order valence-corrected chi connectivity index (χ2v) is 3.24. The molecule has 0 N–H and O–H groups in total. The molecule has 0 bridgehead atoms. The Morgan fingerprint density at radius 3 is 2.40 bits per heavy atom. The summed E-state index contributed by atoms with van der Waals surface area (Å²) >= 11 is 0. The van der Waals surface area contributed by atoms with Crippen LogP contribution in [0.5, 0.6) is 0 Å². The number of benzene rings is 1. The maximum Gasteiger partial charge on any atom is 3.00 e. The molecule has 0 aromatic heterocycles. The summed E-state index contributed by atoms with van der Waals surface area (Å²) in [6, 6.07) is 13.1. The number of aryl methyl sites for hydroxylation is 1. The smallest absolute Gasteiger partial charge is 1.00 e. The number of halogens is 2. The van der Waals surface area contributed by atoms with Crippen LogP contribution in [0.2, 0.25) is 0 Å². The maximum atomic E-state index is 2.29. The van der Waals surface area contributed by atoms with E-state index < -0.39 is 0 Å². The van der Waals surface area contributed by atoms with Crippen molar-refractivity contribution in [2.75, 3.05) is 0 Å². The zero-order chi connectivity index (χ0) is 8.39. The van der Waals surface area contributed by atoms with Crippen LogP contribution >= 0.6 is 0 Å². The Bertz CT molecular complexity index is 349. The first-order valence-corrected chi connectivity index (χ1v) is 4.54. The summed E-state index contributed by atoms with van der Waals surface area (Å²) in [6.45, 7) is 2.22. The van der Waals surface area contributed by atoms with E-state index in [4.69, 9.17) is 0 Å². The quantitative estimate of drug-likeness (QED) is 0.409. The molecule has 2 aromatic rings. The van der Waals surface area contributed by atoms with Gasteiger partial charge in [0, 0.05) is 0 Å². The molecule has 0 nitrogen and oxygen atoms in total. The van der Waals surface area contributed by atoms with Gasteiger partial charge in [-0.3, -0.25) is 0 Å². The second-order valence-electron chi connectivity index (χ2n) is 3.24. The summed E-state index contributed by atoms with van der Waals surface area (Å²) in [5, 5.41) is 2.75. The number of rotatable bonds is 2. The summed E-state index contributed by atoms with van der Waals surface area (Å²) in [6.07, 6.45) is 2.44. The van der Waals surface area contributed by atoms with E-state index in [0.29, 0.717) is 0 Å². The molecule has 0 atom stereocenters. The molecule has 0 unspecified atom stereocenters. The average molecular weight is 365 g/mol. The molecule has 1 radical (unpaired) electrons. The molecule has 0 saturated heterocycles. The molecule has 0 heterocycles. The Morgan fingerprint density at radius 1 is 1.13 bits per heavy atom. The van der Waals surface area contributed by atoms with Gasteiger partial charge in [-0.05, 0) is 6.42 Å². The molecule has 2 aromatic carbocycles. The van der Waals surface area contributed by atoms with Gasteiger partial charge in [-0.15, -0.1) is 40.6 Å². The second kappa shape index (κ2) is 8.63. The fourth-order valence-electron chi connectivity index (χ4n) is 1.65. The van der Waals surface area contributed by atoms with Gasteiger partial charge < -0.3 is 34.0 Å². The molecule has 0 amide bonds. The van der Waals surface area contributed by atoms with Crippen molar-refractivity contribution in [2.45, 2.75) is 19.8 Å². The van der Waals surface area contributed by atoms with E-state index in [1.54, 1.807) is 0 Å². The topological polar surface area (TPSA) is 0 Å². The summed E-state index contributed by atoms with van der Waals surface area (Å²) in [5.74, 6) is 0. The van der Waals surface area contributed by atoms with Crippen molar-refractivity contribution in [1.82, 2.24) is 0 Å². The zero-order valence-corrected chi connectivity index (χ0v) is 13.4. The van der Waals surface area contributed by atoms with E-state index in [2.05, 4.69) is 43.3 Å². The van der Waals surface area contributed by atoms with Crippen LogP contribution in [-0.2, 0) is 28.1 Å². The zero-order valence-electron chi connectivity index (χ0n) is 8.63. The van der Waals surface area contributed by atoms with Gasteiger partial charge in [0.15, 0.2) is 0 Å². The minimum absolute atomic E-state index is 0. The van der Waals surface area contributed by atoms with Crippen LogP contribution in [0.25, 0.3) is 10.8 Å². The summed E-state index contributed by atoms with van der Waals surface area (Å²) in [7, 11) is 0. The molecule has 15 heavy (non-hydrogen) atoms. The molecule has 0 saturated carbocycles. The Morgan fingerprint density at radius 2 is 1.80 bits per heavy atom. The molecule has 79 valence electrons. The third-order valence-electron chi connectivity index (χ3n) is 2.22. The predicted molar refractivity (Wildman–Crippen MR) is 53.5 cm³/mol. The molecule has 0 spiro atoms. The Kier molecular flexibility index (Phi) is 10.3. The largest absolute Gasteiger partial charge is 3.00 e. The first kappa shape index (κ1) is 17.9. The van der Waals surface area contributed by atoms with Crippen LogP contribution in [0.15, 0.2) is 36.4 Å². The maximum absolute atomic E-state index is 2.29. The Labute approximate surface area is 127 Å². The number of fused-ring (bicyclic) bond motifs is 1. The third kappa shape index (κ3) is 4.48. The monoisotopic (exact) mass is 363 g/mol. The molecular weight excluding hydrogens is 352 g/mol. The van der Waals surface area contributed by atoms with E-state index in [1.165, 1.54) is 29.2 Å². The van der Waals surface area contributed by atoms with Crippen molar-refractivity contribution in [3.63, 3.8) is 0 Å². The summed E-state index contributed by atoms with van der Waals surface area (Å²) < 4.78 is 0. The SMILES string of the molecule is CCCc1cc2ccccc2[cH-]1.[Br-].[Br-].[Ti+3]. The molecule has 0 aliphatic rings. The summed E-state index contributed by atoms with van der Waals surface area (Å²) in [5.41, 5.74) is 1.47.